The molecule has 5 rings (SSSR count). The monoisotopic (exact) mass is 262 g/mol. The predicted molar refractivity (Wildman–Crippen MR) is 73.5 cm³/mol. The van der Waals surface area contributed by atoms with Gasteiger partial charge in [0.15, 0.2) is 0 Å². The molecule has 5 aliphatic rings. The van der Waals surface area contributed by atoms with Crippen LogP contribution in [0.5, 0.6) is 0 Å². The van der Waals surface area contributed by atoms with Crippen LogP contribution >= 0.6 is 0 Å². The van der Waals surface area contributed by atoms with E-state index >= 15 is 0 Å². The first-order valence-electron chi connectivity index (χ1n) is 8.39. The Labute approximate surface area is 116 Å². The number of hydrogen-bond acceptors (Lipinski definition) is 2. The molecule has 0 unspecified atom stereocenters. The summed E-state index contributed by atoms with van der Waals surface area (Å²) in [4.78, 5) is 11.8. The topological polar surface area (TPSA) is 26.3 Å². The molecule has 0 aliphatic heterocycles. The molecule has 0 radical (unpaired) electrons. The Bertz CT molecular complexity index is 334. The predicted octanol–water partition coefficient (Wildman–Crippen LogP) is 3.94. The molecular weight excluding hydrogens is 236 g/mol. The molecule has 0 saturated heterocycles. The van der Waals surface area contributed by atoms with Crippen LogP contribution in [0.25, 0.3) is 0 Å². The van der Waals surface area contributed by atoms with Gasteiger partial charge in [-0.1, -0.05) is 6.42 Å². The summed E-state index contributed by atoms with van der Waals surface area (Å²) in [5.41, 5.74) is 0.564. The smallest absolute Gasteiger partial charge is 0.308 e. The maximum absolute atomic E-state index is 11.8. The van der Waals surface area contributed by atoms with E-state index in [0.29, 0.717) is 12.0 Å². The zero-order valence-electron chi connectivity index (χ0n) is 11.9. The van der Waals surface area contributed by atoms with Gasteiger partial charge in [0.05, 0.1) is 12.5 Å². The molecule has 0 heterocycles. The highest BCUT2D eigenvalue weighted by Crippen LogP contribution is 2.61. The van der Waals surface area contributed by atoms with Crippen LogP contribution in [0.15, 0.2) is 0 Å². The van der Waals surface area contributed by atoms with Crippen LogP contribution in [0.3, 0.4) is 0 Å². The molecular formula is C17H26O2. The molecule has 5 fully saturated rings. The second-order valence-electron chi connectivity index (χ2n) is 7.96. The Balaban J connectivity index is 1.31. The van der Waals surface area contributed by atoms with E-state index in [9.17, 15) is 4.79 Å². The van der Waals surface area contributed by atoms with E-state index in [1.54, 1.807) is 0 Å². The highest BCUT2D eigenvalue weighted by atomic mass is 16.5. The van der Waals surface area contributed by atoms with Crippen molar-refractivity contribution >= 4 is 5.97 Å². The summed E-state index contributed by atoms with van der Waals surface area (Å²) >= 11 is 0. The molecule has 0 atom stereocenters. The molecule has 0 amide bonds. The van der Waals surface area contributed by atoms with Crippen molar-refractivity contribution in [2.75, 3.05) is 6.61 Å². The van der Waals surface area contributed by atoms with Gasteiger partial charge in [0.2, 0.25) is 0 Å². The van der Waals surface area contributed by atoms with Crippen molar-refractivity contribution in [3.63, 3.8) is 0 Å². The average molecular weight is 262 g/mol. The van der Waals surface area contributed by atoms with E-state index in [2.05, 4.69) is 0 Å². The maximum atomic E-state index is 11.8. The van der Waals surface area contributed by atoms with Crippen LogP contribution in [0, 0.1) is 29.1 Å². The fourth-order valence-corrected chi connectivity index (χ4v) is 5.73. The second-order valence-corrected chi connectivity index (χ2v) is 7.96. The third kappa shape index (κ3) is 2.21. The molecule has 5 saturated carbocycles. The minimum atomic E-state index is 0.0935. The zero-order chi connectivity index (χ0) is 12.9. The van der Waals surface area contributed by atoms with Crippen molar-refractivity contribution in [1.29, 1.82) is 0 Å². The summed E-state index contributed by atoms with van der Waals surface area (Å²) in [6.45, 7) is 0.696. The number of esters is 1. The van der Waals surface area contributed by atoms with Crippen molar-refractivity contribution in [3.8, 4) is 0 Å². The number of rotatable bonds is 4. The van der Waals surface area contributed by atoms with E-state index < -0.39 is 0 Å². The lowest BCUT2D eigenvalue weighted by Gasteiger charge is -2.57. The fourth-order valence-electron chi connectivity index (χ4n) is 5.73. The van der Waals surface area contributed by atoms with Crippen molar-refractivity contribution < 1.29 is 9.53 Å². The quantitative estimate of drug-likeness (QED) is 0.717. The van der Waals surface area contributed by atoms with Crippen LogP contribution in [0.2, 0.25) is 0 Å². The Morgan fingerprint density at radius 3 is 2.05 bits per heavy atom. The molecule has 106 valence electrons. The molecule has 5 aliphatic carbocycles. The van der Waals surface area contributed by atoms with Gasteiger partial charge < -0.3 is 4.74 Å². The van der Waals surface area contributed by atoms with Crippen LogP contribution in [0.4, 0.5) is 0 Å². The molecule has 0 aromatic rings. The molecule has 4 bridgehead atoms. The first-order chi connectivity index (χ1) is 9.22. The fraction of sp³-hybridized carbons (Fsp3) is 0.941. The van der Waals surface area contributed by atoms with Gasteiger partial charge in [0.25, 0.3) is 0 Å². The van der Waals surface area contributed by atoms with Gasteiger partial charge in [0, 0.05) is 0 Å². The summed E-state index contributed by atoms with van der Waals surface area (Å²) in [6.07, 6.45) is 13.3. The number of carbonyl (C=O) groups is 1. The molecule has 0 spiro atoms. The molecule has 2 heteroatoms. The van der Waals surface area contributed by atoms with E-state index in [-0.39, 0.29) is 11.9 Å². The minimum Gasteiger partial charge on any atom is -0.465 e. The third-order valence-corrected chi connectivity index (χ3v) is 6.48. The Morgan fingerprint density at radius 2 is 1.58 bits per heavy atom. The van der Waals surface area contributed by atoms with Gasteiger partial charge in [-0.25, -0.2) is 0 Å². The van der Waals surface area contributed by atoms with Gasteiger partial charge in [-0.2, -0.15) is 0 Å². The normalized spacial score (nSPS) is 44.1. The summed E-state index contributed by atoms with van der Waals surface area (Å²) in [6, 6.07) is 0. The van der Waals surface area contributed by atoms with Crippen molar-refractivity contribution in [3.05, 3.63) is 0 Å². The van der Waals surface area contributed by atoms with Crippen LogP contribution in [-0.4, -0.2) is 12.6 Å². The number of ether oxygens (including phenoxy) is 1. The van der Waals surface area contributed by atoms with Crippen LogP contribution in [0.1, 0.15) is 64.2 Å². The van der Waals surface area contributed by atoms with Crippen molar-refractivity contribution in [2.24, 2.45) is 29.1 Å². The average Bonchev–Trinajstić information content (AvgIpc) is 2.23. The van der Waals surface area contributed by atoms with E-state index in [1.165, 1.54) is 44.9 Å². The summed E-state index contributed by atoms with van der Waals surface area (Å²) < 4.78 is 5.55. The van der Waals surface area contributed by atoms with Gasteiger partial charge in [-0.05, 0) is 81.0 Å². The van der Waals surface area contributed by atoms with E-state index in [4.69, 9.17) is 4.74 Å². The molecule has 19 heavy (non-hydrogen) atoms. The Kier molecular flexibility index (Phi) is 2.89. The lowest BCUT2D eigenvalue weighted by molar-refractivity contribution is -0.153. The first-order valence-corrected chi connectivity index (χ1v) is 8.39. The van der Waals surface area contributed by atoms with Crippen molar-refractivity contribution in [2.45, 2.75) is 64.2 Å². The molecule has 0 aromatic carbocycles. The third-order valence-electron chi connectivity index (χ3n) is 6.48. The lowest BCUT2D eigenvalue weighted by Crippen LogP contribution is -2.46. The molecule has 0 aromatic heterocycles. The van der Waals surface area contributed by atoms with Gasteiger partial charge in [-0.3, -0.25) is 4.79 Å². The van der Waals surface area contributed by atoms with Crippen LogP contribution in [-0.2, 0) is 9.53 Å². The lowest BCUT2D eigenvalue weighted by atomic mass is 9.49. The van der Waals surface area contributed by atoms with Gasteiger partial charge >= 0.3 is 5.97 Å². The summed E-state index contributed by atoms with van der Waals surface area (Å²) in [7, 11) is 0. The number of carbonyl (C=O) groups excluding carboxylic acids is 1. The van der Waals surface area contributed by atoms with E-state index in [0.717, 1.165) is 37.0 Å². The zero-order valence-corrected chi connectivity index (χ0v) is 11.9. The minimum absolute atomic E-state index is 0.0935. The highest BCUT2D eigenvalue weighted by Gasteiger charge is 2.50. The highest BCUT2D eigenvalue weighted by molar-refractivity contribution is 5.73. The second kappa shape index (κ2) is 4.49. The Morgan fingerprint density at radius 1 is 1.00 bits per heavy atom. The van der Waals surface area contributed by atoms with Gasteiger partial charge in [0.1, 0.15) is 0 Å². The summed E-state index contributed by atoms with van der Waals surface area (Å²) in [5.74, 6) is 3.36. The number of hydrogen-bond donors (Lipinski definition) is 0. The van der Waals surface area contributed by atoms with Crippen LogP contribution < -0.4 is 0 Å². The largest absolute Gasteiger partial charge is 0.465 e. The SMILES string of the molecule is O=C(OCCC12CC3CC(CC(C3)C1)C2)C1CCC1. The molecule has 2 nitrogen and oxygen atoms in total. The summed E-state index contributed by atoms with van der Waals surface area (Å²) in [5, 5.41) is 0. The molecule has 0 N–H and O–H groups in total. The first kappa shape index (κ1) is 12.2. The van der Waals surface area contributed by atoms with Crippen molar-refractivity contribution in [1.82, 2.24) is 0 Å². The van der Waals surface area contributed by atoms with E-state index in [1.807, 2.05) is 0 Å². The maximum Gasteiger partial charge on any atom is 0.308 e. The Hall–Kier alpha value is -0.530. The van der Waals surface area contributed by atoms with Gasteiger partial charge in [-0.15, -0.1) is 0 Å². The standard InChI is InChI=1S/C17H26O2/c18-16(15-2-1-3-15)19-5-4-17-9-12-6-13(10-17)8-14(7-12)11-17/h12-15H,1-11H2.